The second-order valence-electron chi connectivity index (χ2n) is 5.28. The molecule has 6 heteroatoms. The smallest absolute Gasteiger partial charge is 0.320 e. The van der Waals surface area contributed by atoms with Crippen LogP contribution in [0, 0.1) is 0 Å². The van der Waals surface area contributed by atoms with Crippen LogP contribution in [0.15, 0.2) is 24.5 Å². The highest BCUT2D eigenvalue weighted by molar-refractivity contribution is 5.74. The highest BCUT2D eigenvalue weighted by Crippen LogP contribution is 2.09. The molecule has 0 atom stereocenters. The summed E-state index contributed by atoms with van der Waals surface area (Å²) in [6.07, 6.45) is 3.92. The summed E-state index contributed by atoms with van der Waals surface area (Å²) in [4.78, 5) is 30.3. The summed E-state index contributed by atoms with van der Waals surface area (Å²) >= 11 is 0. The number of rotatable bonds is 7. The molecular weight excluding hydrogens is 270 g/mol. The number of aliphatic carboxylic acids is 1. The number of urea groups is 1. The van der Waals surface area contributed by atoms with E-state index in [1.54, 1.807) is 29.2 Å². The lowest BCUT2D eigenvalue weighted by molar-refractivity contribution is -0.137. The van der Waals surface area contributed by atoms with Crippen LogP contribution in [0.25, 0.3) is 0 Å². The van der Waals surface area contributed by atoms with Gasteiger partial charge in [-0.05, 0) is 38.0 Å². The number of hydrogen-bond acceptors (Lipinski definition) is 3. The zero-order valence-corrected chi connectivity index (χ0v) is 12.8. The van der Waals surface area contributed by atoms with Crippen LogP contribution in [-0.4, -0.2) is 51.5 Å². The average molecular weight is 293 g/mol. The summed E-state index contributed by atoms with van der Waals surface area (Å²) in [5, 5.41) is 8.69. The molecule has 1 N–H and O–H groups in total. The first-order valence-electron chi connectivity index (χ1n) is 7.04. The largest absolute Gasteiger partial charge is 0.481 e. The number of nitrogens with zero attached hydrogens (tertiary/aromatic N) is 3. The van der Waals surface area contributed by atoms with E-state index in [4.69, 9.17) is 5.11 Å². The molecule has 0 aliphatic heterocycles. The topological polar surface area (TPSA) is 73.7 Å². The van der Waals surface area contributed by atoms with Gasteiger partial charge in [0.05, 0.1) is 0 Å². The van der Waals surface area contributed by atoms with Gasteiger partial charge in [0.2, 0.25) is 0 Å². The fraction of sp³-hybridized carbons (Fsp3) is 0.533. The molecule has 0 aromatic carbocycles. The molecule has 1 aromatic heterocycles. The van der Waals surface area contributed by atoms with E-state index in [2.05, 4.69) is 4.98 Å². The first kappa shape index (κ1) is 16.9. The highest BCUT2D eigenvalue weighted by Gasteiger charge is 2.20. The lowest BCUT2D eigenvalue weighted by atomic mass is 10.2. The van der Waals surface area contributed by atoms with Gasteiger partial charge in [-0.3, -0.25) is 9.78 Å². The Morgan fingerprint density at radius 3 is 2.43 bits per heavy atom. The summed E-state index contributed by atoms with van der Waals surface area (Å²) in [5.74, 6) is -0.837. The monoisotopic (exact) mass is 293 g/mol. The molecule has 0 bridgehead atoms. The molecule has 0 saturated carbocycles. The van der Waals surface area contributed by atoms with Gasteiger partial charge < -0.3 is 14.9 Å². The SMILES string of the molecule is CC(C)N(CCCC(=O)O)C(=O)N(C)Cc1ccncc1. The second kappa shape index (κ2) is 8.24. The van der Waals surface area contributed by atoms with E-state index in [0.29, 0.717) is 19.5 Å². The Morgan fingerprint density at radius 2 is 1.90 bits per heavy atom. The lowest BCUT2D eigenvalue weighted by Gasteiger charge is -2.31. The summed E-state index contributed by atoms with van der Waals surface area (Å²) in [6, 6.07) is 3.68. The number of hydrogen-bond donors (Lipinski definition) is 1. The standard InChI is InChI=1S/C15H23N3O3/c1-12(2)18(10-4-5-14(19)20)15(21)17(3)11-13-6-8-16-9-7-13/h6-9,12H,4-5,10-11H2,1-3H3,(H,19,20). The van der Waals surface area contributed by atoms with E-state index in [1.807, 2.05) is 26.0 Å². The van der Waals surface area contributed by atoms with Crippen molar-refractivity contribution < 1.29 is 14.7 Å². The number of pyridine rings is 1. The quantitative estimate of drug-likeness (QED) is 0.836. The Hall–Kier alpha value is -2.11. The van der Waals surface area contributed by atoms with Gasteiger partial charge in [0.25, 0.3) is 0 Å². The van der Waals surface area contributed by atoms with E-state index in [1.165, 1.54) is 0 Å². The van der Waals surface area contributed by atoms with Crippen molar-refractivity contribution in [2.45, 2.75) is 39.3 Å². The molecule has 2 amide bonds. The number of aromatic nitrogens is 1. The maximum atomic E-state index is 12.5. The van der Waals surface area contributed by atoms with Gasteiger partial charge in [0.15, 0.2) is 0 Å². The van der Waals surface area contributed by atoms with Crippen molar-refractivity contribution in [2.24, 2.45) is 0 Å². The third kappa shape index (κ3) is 5.81. The molecule has 0 fully saturated rings. The first-order chi connectivity index (χ1) is 9.91. The number of carboxylic acids is 1. The maximum Gasteiger partial charge on any atom is 0.320 e. The van der Waals surface area contributed by atoms with Crippen molar-refractivity contribution in [3.63, 3.8) is 0 Å². The van der Waals surface area contributed by atoms with Crippen molar-refractivity contribution in [1.29, 1.82) is 0 Å². The van der Waals surface area contributed by atoms with Crippen LogP contribution in [0.5, 0.6) is 0 Å². The fourth-order valence-electron chi connectivity index (χ4n) is 2.02. The van der Waals surface area contributed by atoms with Gasteiger partial charge >= 0.3 is 12.0 Å². The summed E-state index contributed by atoms with van der Waals surface area (Å²) in [7, 11) is 1.75. The third-order valence-electron chi connectivity index (χ3n) is 3.15. The van der Waals surface area contributed by atoms with Crippen LogP contribution < -0.4 is 0 Å². The maximum absolute atomic E-state index is 12.5. The minimum Gasteiger partial charge on any atom is -0.481 e. The summed E-state index contributed by atoms with van der Waals surface area (Å²) in [6.45, 7) is 4.81. The van der Waals surface area contributed by atoms with Crippen LogP contribution in [-0.2, 0) is 11.3 Å². The van der Waals surface area contributed by atoms with Crippen molar-refractivity contribution in [3.8, 4) is 0 Å². The Kier molecular flexibility index (Phi) is 6.65. The molecule has 0 radical (unpaired) electrons. The molecule has 1 heterocycles. The van der Waals surface area contributed by atoms with Crippen molar-refractivity contribution in [2.75, 3.05) is 13.6 Å². The third-order valence-corrected chi connectivity index (χ3v) is 3.15. The number of carbonyl (C=O) groups excluding carboxylic acids is 1. The molecule has 116 valence electrons. The van der Waals surface area contributed by atoms with Gasteiger partial charge in [0, 0.05) is 45.0 Å². The zero-order chi connectivity index (χ0) is 15.8. The van der Waals surface area contributed by atoms with Gasteiger partial charge in [-0.2, -0.15) is 0 Å². The summed E-state index contributed by atoms with van der Waals surface area (Å²) < 4.78 is 0. The molecule has 0 saturated heterocycles. The molecule has 1 rings (SSSR count). The normalized spacial score (nSPS) is 10.5. The second-order valence-corrected chi connectivity index (χ2v) is 5.28. The molecule has 1 aromatic rings. The predicted octanol–water partition coefficient (Wildman–Crippen LogP) is 2.21. The molecule has 0 aliphatic carbocycles. The number of carbonyl (C=O) groups is 2. The molecule has 0 aliphatic rings. The van der Waals surface area contributed by atoms with Crippen LogP contribution in [0.1, 0.15) is 32.3 Å². The van der Waals surface area contributed by atoms with Crippen LogP contribution in [0.3, 0.4) is 0 Å². The summed E-state index contributed by atoms with van der Waals surface area (Å²) in [5.41, 5.74) is 1.01. The van der Waals surface area contributed by atoms with E-state index in [-0.39, 0.29) is 18.5 Å². The predicted molar refractivity (Wildman–Crippen MR) is 79.8 cm³/mol. The molecule has 0 spiro atoms. The zero-order valence-electron chi connectivity index (χ0n) is 12.8. The van der Waals surface area contributed by atoms with Gasteiger partial charge in [0.1, 0.15) is 0 Å². The Labute approximate surface area is 125 Å². The van der Waals surface area contributed by atoms with Crippen LogP contribution in [0.4, 0.5) is 4.79 Å². The lowest BCUT2D eigenvalue weighted by Crippen LogP contribution is -2.45. The van der Waals surface area contributed by atoms with Crippen molar-refractivity contribution in [3.05, 3.63) is 30.1 Å². The number of amides is 2. The van der Waals surface area contributed by atoms with Crippen molar-refractivity contribution >= 4 is 12.0 Å². The molecular formula is C15H23N3O3. The first-order valence-corrected chi connectivity index (χ1v) is 7.04. The fourth-order valence-corrected chi connectivity index (χ4v) is 2.02. The van der Waals surface area contributed by atoms with E-state index < -0.39 is 5.97 Å². The Morgan fingerprint density at radius 1 is 1.29 bits per heavy atom. The minimum atomic E-state index is -0.837. The number of carboxylic acid groups (broad SMARTS) is 1. The average Bonchev–Trinajstić information content (AvgIpc) is 2.43. The molecule has 6 nitrogen and oxygen atoms in total. The molecule has 0 unspecified atom stereocenters. The van der Waals surface area contributed by atoms with E-state index in [9.17, 15) is 9.59 Å². The highest BCUT2D eigenvalue weighted by atomic mass is 16.4. The van der Waals surface area contributed by atoms with Crippen molar-refractivity contribution in [1.82, 2.24) is 14.8 Å². The van der Waals surface area contributed by atoms with E-state index in [0.717, 1.165) is 5.56 Å². The minimum absolute atomic E-state index is 0.0335. The van der Waals surface area contributed by atoms with Gasteiger partial charge in [-0.1, -0.05) is 0 Å². The van der Waals surface area contributed by atoms with Crippen LogP contribution >= 0.6 is 0 Å². The van der Waals surface area contributed by atoms with Gasteiger partial charge in [-0.25, -0.2) is 4.79 Å². The Balaban J connectivity index is 2.60. The van der Waals surface area contributed by atoms with Gasteiger partial charge in [-0.15, -0.1) is 0 Å². The van der Waals surface area contributed by atoms with Crippen LogP contribution in [0.2, 0.25) is 0 Å². The molecule has 21 heavy (non-hydrogen) atoms. The Bertz CT molecular complexity index is 462. The van der Waals surface area contributed by atoms with E-state index >= 15 is 0 Å².